The standard InChI is InChI=1S/C12H21N5O2S/c1-15(2)12-14-10(13)9(20-12)11(19)17-5-3-16(4-6-17)7-8-18/h18H,3-8,13H2,1-2H3. The molecule has 0 radical (unpaired) electrons. The predicted molar refractivity (Wildman–Crippen MR) is 80.3 cm³/mol. The molecule has 0 unspecified atom stereocenters. The molecule has 0 spiro atoms. The van der Waals surface area contributed by atoms with Gasteiger partial charge in [0.25, 0.3) is 5.91 Å². The van der Waals surface area contributed by atoms with Crippen LogP contribution in [0.4, 0.5) is 10.9 Å². The van der Waals surface area contributed by atoms with Crippen molar-refractivity contribution >= 4 is 28.2 Å². The Morgan fingerprint density at radius 2 is 2.05 bits per heavy atom. The van der Waals surface area contributed by atoms with Gasteiger partial charge in [0.05, 0.1) is 6.61 Å². The summed E-state index contributed by atoms with van der Waals surface area (Å²) in [5.41, 5.74) is 5.84. The molecule has 1 aromatic rings. The molecule has 8 heteroatoms. The Balaban J connectivity index is 2.02. The summed E-state index contributed by atoms with van der Waals surface area (Å²) in [7, 11) is 3.75. The lowest BCUT2D eigenvalue weighted by Gasteiger charge is -2.34. The van der Waals surface area contributed by atoms with Crippen molar-refractivity contribution in [1.82, 2.24) is 14.8 Å². The Bertz CT molecular complexity index is 468. The summed E-state index contributed by atoms with van der Waals surface area (Å²) in [6.45, 7) is 3.70. The van der Waals surface area contributed by atoms with Gasteiger partial charge in [-0.1, -0.05) is 11.3 Å². The van der Waals surface area contributed by atoms with Crippen LogP contribution in [-0.4, -0.2) is 79.2 Å². The SMILES string of the molecule is CN(C)c1nc(N)c(C(=O)N2CCN(CCO)CC2)s1. The van der Waals surface area contributed by atoms with Crippen molar-refractivity contribution in [2.75, 3.05) is 64.1 Å². The molecule has 1 saturated heterocycles. The molecule has 1 aliphatic heterocycles. The monoisotopic (exact) mass is 299 g/mol. The van der Waals surface area contributed by atoms with Gasteiger partial charge in [-0.2, -0.15) is 0 Å². The highest BCUT2D eigenvalue weighted by atomic mass is 32.1. The Morgan fingerprint density at radius 1 is 1.40 bits per heavy atom. The van der Waals surface area contributed by atoms with Crippen LogP contribution in [0.25, 0.3) is 0 Å². The fourth-order valence-corrected chi connectivity index (χ4v) is 3.00. The second-order valence-corrected chi connectivity index (χ2v) is 5.94. The van der Waals surface area contributed by atoms with Crippen LogP contribution in [-0.2, 0) is 0 Å². The zero-order valence-corrected chi connectivity index (χ0v) is 12.7. The first-order valence-corrected chi connectivity index (χ1v) is 7.40. The van der Waals surface area contributed by atoms with E-state index in [2.05, 4.69) is 9.88 Å². The van der Waals surface area contributed by atoms with Crippen LogP contribution < -0.4 is 10.6 Å². The predicted octanol–water partition coefficient (Wildman–Crippen LogP) is -0.459. The lowest BCUT2D eigenvalue weighted by atomic mass is 10.3. The van der Waals surface area contributed by atoms with Crippen LogP contribution in [0.3, 0.4) is 0 Å². The lowest BCUT2D eigenvalue weighted by molar-refractivity contribution is 0.0620. The minimum absolute atomic E-state index is 0.0447. The summed E-state index contributed by atoms with van der Waals surface area (Å²) in [4.78, 5) is 23.0. The maximum atomic E-state index is 12.5. The number of β-amino-alcohol motifs (C(OH)–C–C–N with tert-alkyl or cyclic N) is 1. The summed E-state index contributed by atoms with van der Waals surface area (Å²) >= 11 is 1.33. The van der Waals surface area contributed by atoms with Gasteiger partial charge in [-0.3, -0.25) is 9.69 Å². The molecule has 2 rings (SSSR count). The van der Waals surface area contributed by atoms with Crippen molar-refractivity contribution in [3.05, 3.63) is 4.88 Å². The number of carbonyl (C=O) groups excluding carboxylic acids is 1. The molecule has 1 aromatic heterocycles. The van der Waals surface area contributed by atoms with Crippen molar-refractivity contribution in [1.29, 1.82) is 0 Å². The summed E-state index contributed by atoms with van der Waals surface area (Å²) in [6, 6.07) is 0. The molecule has 0 saturated carbocycles. The smallest absolute Gasteiger partial charge is 0.267 e. The third-order valence-electron chi connectivity index (χ3n) is 3.29. The summed E-state index contributed by atoms with van der Waals surface area (Å²) < 4.78 is 0. The van der Waals surface area contributed by atoms with Gasteiger partial charge in [-0.15, -0.1) is 0 Å². The summed E-state index contributed by atoms with van der Waals surface area (Å²) in [6.07, 6.45) is 0. The van der Waals surface area contributed by atoms with Gasteiger partial charge in [0.1, 0.15) is 10.7 Å². The molecule has 0 aliphatic carbocycles. The fourth-order valence-electron chi connectivity index (χ4n) is 2.12. The van der Waals surface area contributed by atoms with Gasteiger partial charge in [0.15, 0.2) is 5.13 Å². The largest absolute Gasteiger partial charge is 0.395 e. The van der Waals surface area contributed by atoms with Gasteiger partial charge in [0, 0.05) is 46.8 Å². The number of anilines is 2. The van der Waals surface area contributed by atoms with Crippen molar-refractivity contribution in [2.24, 2.45) is 0 Å². The maximum absolute atomic E-state index is 12.5. The Labute approximate surface area is 122 Å². The van der Waals surface area contributed by atoms with Crippen molar-refractivity contribution in [3.63, 3.8) is 0 Å². The van der Waals surface area contributed by atoms with Crippen LogP contribution in [0.1, 0.15) is 9.67 Å². The minimum Gasteiger partial charge on any atom is -0.395 e. The Hall–Kier alpha value is -1.38. The molecular weight excluding hydrogens is 278 g/mol. The normalized spacial score (nSPS) is 16.4. The number of hydrogen-bond donors (Lipinski definition) is 2. The van der Waals surface area contributed by atoms with Crippen LogP contribution in [0.5, 0.6) is 0 Å². The number of aliphatic hydroxyl groups excluding tert-OH is 1. The number of carbonyl (C=O) groups is 1. The van der Waals surface area contributed by atoms with E-state index in [1.807, 2.05) is 19.0 Å². The fraction of sp³-hybridized carbons (Fsp3) is 0.667. The first-order valence-electron chi connectivity index (χ1n) is 6.59. The molecule has 20 heavy (non-hydrogen) atoms. The summed E-state index contributed by atoms with van der Waals surface area (Å²) in [5, 5.41) is 9.65. The van der Waals surface area contributed by atoms with Crippen molar-refractivity contribution in [2.45, 2.75) is 0 Å². The second-order valence-electron chi connectivity index (χ2n) is 4.96. The van der Waals surface area contributed by atoms with Gasteiger partial charge in [-0.05, 0) is 0 Å². The number of piperazine rings is 1. The number of nitrogens with zero attached hydrogens (tertiary/aromatic N) is 4. The van der Waals surface area contributed by atoms with Crippen molar-refractivity contribution in [3.8, 4) is 0 Å². The van der Waals surface area contributed by atoms with E-state index in [9.17, 15) is 4.79 Å². The number of hydrogen-bond acceptors (Lipinski definition) is 7. The molecule has 3 N–H and O–H groups in total. The maximum Gasteiger partial charge on any atom is 0.267 e. The number of amides is 1. The first kappa shape index (κ1) is 15.0. The third kappa shape index (κ3) is 3.20. The van der Waals surface area contributed by atoms with E-state index in [1.54, 1.807) is 4.90 Å². The minimum atomic E-state index is -0.0447. The zero-order valence-electron chi connectivity index (χ0n) is 11.9. The number of nitrogens with two attached hydrogens (primary N) is 1. The van der Waals surface area contributed by atoms with Gasteiger partial charge in [0.2, 0.25) is 0 Å². The van der Waals surface area contributed by atoms with E-state index in [4.69, 9.17) is 10.8 Å². The highest BCUT2D eigenvalue weighted by molar-refractivity contribution is 7.18. The molecule has 1 amide bonds. The van der Waals surface area contributed by atoms with E-state index in [0.717, 1.165) is 18.2 Å². The number of rotatable bonds is 4. The number of aromatic nitrogens is 1. The highest BCUT2D eigenvalue weighted by Crippen LogP contribution is 2.28. The third-order valence-corrected chi connectivity index (χ3v) is 4.52. The van der Waals surface area contributed by atoms with E-state index in [0.29, 0.717) is 30.3 Å². The molecule has 2 heterocycles. The van der Waals surface area contributed by atoms with Gasteiger partial charge >= 0.3 is 0 Å². The molecule has 112 valence electrons. The second kappa shape index (κ2) is 6.38. The number of nitrogen functional groups attached to an aromatic ring is 1. The molecule has 0 bridgehead atoms. The highest BCUT2D eigenvalue weighted by Gasteiger charge is 2.25. The topological polar surface area (TPSA) is 85.9 Å². The van der Waals surface area contributed by atoms with Crippen LogP contribution >= 0.6 is 11.3 Å². The first-order chi connectivity index (χ1) is 9.52. The zero-order chi connectivity index (χ0) is 14.7. The van der Waals surface area contributed by atoms with Gasteiger partial charge < -0.3 is 20.6 Å². The number of thiazole rings is 1. The Kier molecular flexibility index (Phi) is 4.79. The van der Waals surface area contributed by atoms with E-state index in [1.165, 1.54) is 11.3 Å². The van der Waals surface area contributed by atoms with Crippen LogP contribution in [0.15, 0.2) is 0 Å². The molecular formula is C12H21N5O2S. The quantitative estimate of drug-likeness (QED) is 0.782. The lowest BCUT2D eigenvalue weighted by Crippen LogP contribution is -2.49. The average molecular weight is 299 g/mol. The number of aliphatic hydroxyl groups is 1. The summed E-state index contributed by atoms with van der Waals surface area (Å²) in [5.74, 6) is 0.262. The molecule has 7 nitrogen and oxygen atoms in total. The average Bonchev–Trinajstić information content (AvgIpc) is 2.81. The van der Waals surface area contributed by atoms with Gasteiger partial charge in [-0.25, -0.2) is 4.98 Å². The van der Waals surface area contributed by atoms with Crippen molar-refractivity contribution < 1.29 is 9.90 Å². The van der Waals surface area contributed by atoms with Crippen LogP contribution in [0, 0.1) is 0 Å². The Morgan fingerprint density at radius 3 is 2.55 bits per heavy atom. The van der Waals surface area contributed by atoms with E-state index >= 15 is 0 Å². The molecule has 1 aliphatic rings. The molecule has 0 atom stereocenters. The molecule has 1 fully saturated rings. The molecule has 0 aromatic carbocycles. The van der Waals surface area contributed by atoms with Crippen LogP contribution in [0.2, 0.25) is 0 Å². The van der Waals surface area contributed by atoms with E-state index < -0.39 is 0 Å². The van der Waals surface area contributed by atoms with E-state index in [-0.39, 0.29) is 12.5 Å².